The first-order valence-corrected chi connectivity index (χ1v) is 8.14. The van der Waals surface area contributed by atoms with Crippen LogP contribution in [0.1, 0.15) is 38.2 Å². The molecule has 2 amide bonds. The van der Waals surface area contributed by atoms with Gasteiger partial charge in [-0.25, -0.2) is 4.79 Å². The van der Waals surface area contributed by atoms with Crippen LogP contribution in [0.15, 0.2) is 30.3 Å². The molecule has 1 saturated heterocycles. The highest BCUT2D eigenvalue weighted by atomic mass is 16.5. The topological polar surface area (TPSA) is 84.5 Å². The molecule has 0 bridgehead atoms. The van der Waals surface area contributed by atoms with Gasteiger partial charge in [-0.3, -0.25) is 9.59 Å². The number of esters is 1. The van der Waals surface area contributed by atoms with Gasteiger partial charge in [0, 0.05) is 24.8 Å². The summed E-state index contributed by atoms with van der Waals surface area (Å²) in [5.74, 6) is -0.661. The zero-order chi connectivity index (χ0) is 17.6. The quantitative estimate of drug-likeness (QED) is 0.738. The van der Waals surface area contributed by atoms with Crippen molar-refractivity contribution < 1.29 is 19.1 Å². The Labute approximate surface area is 142 Å². The van der Waals surface area contributed by atoms with Gasteiger partial charge >= 0.3 is 5.97 Å². The first-order chi connectivity index (χ1) is 11.4. The van der Waals surface area contributed by atoms with Crippen LogP contribution in [-0.2, 0) is 25.5 Å². The lowest BCUT2D eigenvalue weighted by atomic mass is 9.94. The second-order valence-electron chi connectivity index (χ2n) is 6.44. The van der Waals surface area contributed by atoms with E-state index in [9.17, 15) is 14.4 Å². The molecule has 0 aromatic heterocycles. The lowest BCUT2D eigenvalue weighted by Crippen LogP contribution is -2.44. The van der Waals surface area contributed by atoms with Crippen molar-refractivity contribution in [2.75, 3.05) is 7.11 Å². The second kappa shape index (κ2) is 7.95. The van der Waals surface area contributed by atoms with E-state index in [1.54, 1.807) is 0 Å². The standard InChI is InChI=1S/C18H24N2O4/c1-18(11-9-16(22)20-18)10-8-15(21)19-14(17(23)24-2)12-13-6-4-3-5-7-13/h3-7,14H,8-12H2,1-2H3,(H,19,21)(H,20,22)/t14-,18?/m0/s1. The molecule has 130 valence electrons. The fourth-order valence-corrected chi connectivity index (χ4v) is 2.88. The van der Waals surface area contributed by atoms with Crippen LogP contribution in [0.5, 0.6) is 0 Å². The molecule has 1 aliphatic rings. The maximum Gasteiger partial charge on any atom is 0.328 e. The van der Waals surface area contributed by atoms with Gasteiger partial charge in [-0.2, -0.15) is 0 Å². The molecule has 2 N–H and O–H groups in total. The Morgan fingerprint density at radius 2 is 2.04 bits per heavy atom. The average Bonchev–Trinajstić information content (AvgIpc) is 2.92. The van der Waals surface area contributed by atoms with E-state index < -0.39 is 12.0 Å². The normalized spacial score (nSPS) is 21.0. The maximum absolute atomic E-state index is 12.2. The van der Waals surface area contributed by atoms with Crippen molar-refractivity contribution in [3.63, 3.8) is 0 Å². The zero-order valence-electron chi connectivity index (χ0n) is 14.1. The minimum Gasteiger partial charge on any atom is -0.467 e. The van der Waals surface area contributed by atoms with Crippen molar-refractivity contribution in [2.24, 2.45) is 0 Å². The molecule has 6 heteroatoms. The van der Waals surface area contributed by atoms with Crippen LogP contribution < -0.4 is 10.6 Å². The van der Waals surface area contributed by atoms with Crippen molar-refractivity contribution in [3.05, 3.63) is 35.9 Å². The molecule has 2 atom stereocenters. The van der Waals surface area contributed by atoms with E-state index in [0.717, 1.165) is 12.0 Å². The van der Waals surface area contributed by atoms with Crippen LogP contribution in [-0.4, -0.2) is 36.5 Å². The van der Waals surface area contributed by atoms with Crippen molar-refractivity contribution in [3.8, 4) is 0 Å². The molecule has 1 aliphatic heterocycles. The number of ether oxygens (including phenoxy) is 1. The van der Waals surface area contributed by atoms with E-state index in [1.165, 1.54) is 7.11 Å². The largest absolute Gasteiger partial charge is 0.467 e. The highest BCUT2D eigenvalue weighted by Crippen LogP contribution is 2.24. The van der Waals surface area contributed by atoms with E-state index in [4.69, 9.17) is 4.74 Å². The lowest BCUT2D eigenvalue weighted by Gasteiger charge is -2.24. The van der Waals surface area contributed by atoms with Gasteiger partial charge in [0.2, 0.25) is 11.8 Å². The minimum absolute atomic E-state index is 0.0226. The maximum atomic E-state index is 12.2. The van der Waals surface area contributed by atoms with Gasteiger partial charge in [-0.15, -0.1) is 0 Å². The molecular formula is C18H24N2O4. The summed E-state index contributed by atoms with van der Waals surface area (Å²) in [6, 6.07) is 8.75. The van der Waals surface area contributed by atoms with E-state index >= 15 is 0 Å². The summed E-state index contributed by atoms with van der Waals surface area (Å²) < 4.78 is 4.79. The predicted molar refractivity (Wildman–Crippen MR) is 89.1 cm³/mol. The third kappa shape index (κ3) is 5.08. The van der Waals surface area contributed by atoms with Gasteiger partial charge < -0.3 is 15.4 Å². The van der Waals surface area contributed by atoms with Crippen LogP contribution in [0.2, 0.25) is 0 Å². The molecule has 6 nitrogen and oxygen atoms in total. The van der Waals surface area contributed by atoms with E-state index in [1.807, 2.05) is 37.3 Å². The molecule has 1 aromatic rings. The first-order valence-electron chi connectivity index (χ1n) is 8.14. The van der Waals surface area contributed by atoms with Crippen LogP contribution in [0.25, 0.3) is 0 Å². The minimum atomic E-state index is -0.712. The Hall–Kier alpha value is -2.37. The predicted octanol–water partition coefficient (Wildman–Crippen LogP) is 1.34. The number of rotatable bonds is 7. The number of hydrogen-bond donors (Lipinski definition) is 2. The average molecular weight is 332 g/mol. The summed E-state index contributed by atoms with van der Waals surface area (Å²) in [5, 5.41) is 5.64. The molecule has 0 aliphatic carbocycles. The summed E-state index contributed by atoms with van der Waals surface area (Å²) in [5.41, 5.74) is 0.609. The smallest absolute Gasteiger partial charge is 0.328 e. The molecule has 1 unspecified atom stereocenters. The lowest BCUT2D eigenvalue weighted by molar-refractivity contribution is -0.145. The monoisotopic (exact) mass is 332 g/mol. The summed E-state index contributed by atoms with van der Waals surface area (Å²) in [6.45, 7) is 1.94. The molecular weight excluding hydrogens is 308 g/mol. The van der Waals surface area contributed by atoms with Crippen LogP contribution in [0.3, 0.4) is 0 Å². The number of carbonyl (C=O) groups is 3. The van der Waals surface area contributed by atoms with Crippen LogP contribution in [0, 0.1) is 0 Å². The summed E-state index contributed by atoms with van der Waals surface area (Å²) in [6.07, 6.45) is 2.40. The van der Waals surface area contributed by atoms with Crippen molar-refractivity contribution in [1.29, 1.82) is 0 Å². The molecule has 1 aromatic carbocycles. The van der Waals surface area contributed by atoms with Crippen molar-refractivity contribution >= 4 is 17.8 Å². The van der Waals surface area contributed by atoms with E-state index in [2.05, 4.69) is 10.6 Å². The molecule has 1 fully saturated rings. The number of methoxy groups -OCH3 is 1. The Bertz CT molecular complexity index is 602. The molecule has 0 saturated carbocycles. The second-order valence-corrected chi connectivity index (χ2v) is 6.44. The summed E-state index contributed by atoms with van der Waals surface area (Å²) in [7, 11) is 1.31. The number of hydrogen-bond acceptors (Lipinski definition) is 4. The molecule has 1 heterocycles. The zero-order valence-corrected chi connectivity index (χ0v) is 14.1. The van der Waals surface area contributed by atoms with Gasteiger partial charge in [0.25, 0.3) is 0 Å². The highest BCUT2D eigenvalue weighted by Gasteiger charge is 2.33. The van der Waals surface area contributed by atoms with E-state index in [-0.39, 0.29) is 23.8 Å². The number of amides is 2. The molecule has 24 heavy (non-hydrogen) atoms. The SMILES string of the molecule is COC(=O)[C@H](Cc1ccccc1)NC(=O)CCC1(C)CCC(=O)N1. The van der Waals surface area contributed by atoms with Gasteiger partial charge in [-0.05, 0) is 25.3 Å². The third-order valence-electron chi connectivity index (χ3n) is 4.35. The molecule has 0 spiro atoms. The number of carbonyl (C=O) groups excluding carboxylic acids is 3. The number of nitrogens with one attached hydrogen (secondary N) is 2. The van der Waals surface area contributed by atoms with Crippen LogP contribution >= 0.6 is 0 Å². The number of benzene rings is 1. The van der Waals surface area contributed by atoms with Crippen LogP contribution in [0.4, 0.5) is 0 Å². The first kappa shape index (κ1) is 18.0. The summed E-state index contributed by atoms with van der Waals surface area (Å²) >= 11 is 0. The van der Waals surface area contributed by atoms with Gasteiger partial charge in [-0.1, -0.05) is 30.3 Å². The van der Waals surface area contributed by atoms with Gasteiger partial charge in [0.1, 0.15) is 6.04 Å². The fraction of sp³-hybridized carbons (Fsp3) is 0.500. The molecule has 0 radical (unpaired) electrons. The Morgan fingerprint density at radius 1 is 1.33 bits per heavy atom. The van der Waals surface area contributed by atoms with E-state index in [0.29, 0.717) is 19.3 Å². The highest BCUT2D eigenvalue weighted by molar-refractivity contribution is 5.85. The summed E-state index contributed by atoms with van der Waals surface area (Å²) in [4.78, 5) is 35.5. The van der Waals surface area contributed by atoms with Gasteiger partial charge in [0.05, 0.1) is 7.11 Å². The third-order valence-corrected chi connectivity index (χ3v) is 4.35. The Kier molecular flexibility index (Phi) is 5.95. The fourth-order valence-electron chi connectivity index (χ4n) is 2.88. The van der Waals surface area contributed by atoms with Crippen molar-refractivity contribution in [1.82, 2.24) is 10.6 Å². The van der Waals surface area contributed by atoms with Gasteiger partial charge in [0.15, 0.2) is 0 Å². The van der Waals surface area contributed by atoms with Crippen molar-refractivity contribution in [2.45, 2.75) is 50.6 Å². The Morgan fingerprint density at radius 3 is 2.62 bits per heavy atom. The molecule has 2 rings (SSSR count). The Balaban J connectivity index is 1.90.